The Morgan fingerprint density at radius 3 is 1.73 bits per heavy atom. The molecule has 0 fully saturated rings. The van der Waals surface area contributed by atoms with Gasteiger partial charge in [-0.3, -0.25) is 0 Å². The van der Waals surface area contributed by atoms with Crippen LogP contribution in [0.4, 0.5) is 0 Å². The van der Waals surface area contributed by atoms with E-state index in [0.29, 0.717) is 11.5 Å². The summed E-state index contributed by atoms with van der Waals surface area (Å²) in [6.45, 7) is 3.51. The van der Waals surface area contributed by atoms with Crippen LogP contribution < -0.4 is 0 Å². The van der Waals surface area contributed by atoms with Gasteiger partial charge in [0.05, 0.1) is 0 Å². The normalized spacial score (nSPS) is 10.7. The molecule has 2 aromatic carbocycles. The monoisotopic (exact) mass is 422 g/mol. The van der Waals surface area contributed by atoms with E-state index in [1.54, 1.807) is 47.0 Å². The molecule has 0 spiro atoms. The van der Waals surface area contributed by atoms with Crippen LogP contribution in [0.15, 0.2) is 80.8 Å². The highest BCUT2D eigenvalue weighted by molar-refractivity contribution is 8.02. The largest absolute Gasteiger partial charge is 0.457 e. The molecule has 0 aromatic heterocycles. The first-order valence-corrected chi connectivity index (χ1v) is 12.4. The van der Waals surface area contributed by atoms with Crippen LogP contribution in [0.3, 0.4) is 0 Å². The van der Waals surface area contributed by atoms with Gasteiger partial charge in [0.1, 0.15) is 6.10 Å². The van der Waals surface area contributed by atoms with Crippen molar-refractivity contribution in [1.82, 2.24) is 0 Å². The van der Waals surface area contributed by atoms with Gasteiger partial charge in [0.2, 0.25) is 0 Å². The average Bonchev–Trinajstić information content (AvgIpc) is 2.70. The molecule has 0 heterocycles. The maximum Gasteiger partial charge on any atom is 0.330 e. The van der Waals surface area contributed by atoms with Gasteiger partial charge in [-0.1, -0.05) is 30.8 Å². The van der Waals surface area contributed by atoms with Crippen molar-refractivity contribution in [2.75, 3.05) is 24.0 Å². The number of esters is 1. The first kappa shape index (κ1) is 21.4. The Balaban J connectivity index is 2.03. The van der Waals surface area contributed by atoms with E-state index in [-0.39, 0.29) is 12.1 Å². The summed E-state index contributed by atoms with van der Waals surface area (Å²) in [5.41, 5.74) is 0. The predicted molar refractivity (Wildman–Crippen MR) is 118 cm³/mol. The van der Waals surface area contributed by atoms with Gasteiger partial charge in [-0.05, 0) is 36.8 Å². The van der Waals surface area contributed by atoms with Gasteiger partial charge in [0.25, 0.3) is 0 Å². The fourth-order valence-corrected chi connectivity index (χ4v) is 6.01. The SMILES string of the molecule is C=CC(=O)OC(CSc1ccccc1SC)CSc1ccccc1SC. The third-order valence-electron chi connectivity index (χ3n) is 3.44. The molecule has 26 heavy (non-hydrogen) atoms. The Hall–Kier alpha value is -0.950. The quantitative estimate of drug-likeness (QED) is 0.260. The van der Waals surface area contributed by atoms with Gasteiger partial charge < -0.3 is 4.74 Å². The zero-order chi connectivity index (χ0) is 18.8. The minimum absolute atomic E-state index is 0.180. The maximum absolute atomic E-state index is 11.7. The highest BCUT2D eigenvalue weighted by Crippen LogP contribution is 2.33. The number of carbonyl (C=O) groups excluding carboxylic acids is 1. The van der Waals surface area contributed by atoms with Crippen molar-refractivity contribution in [1.29, 1.82) is 0 Å². The summed E-state index contributed by atoms with van der Waals surface area (Å²) in [4.78, 5) is 16.6. The number of thioether (sulfide) groups is 4. The number of ether oxygens (including phenoxy) is 1. The third kappa shape index (κ3) is 6.65. The standard InChI is InChI=1S/C20H22O2S4/c1-4-20(21)22-15(13-25-18-11-7-5-9-16(18)23-2)14-26-19-12-8-6-10-17(19)24-3/h4-12,15H,1,13-14H2,2-3H3. The van der Waals surface area contributed by atoms with E-state index in [9.17, 15) is 4.79 Å². The molecule has 0 bridgehead atoms. The molecule has 0 saturated heterocycles. The second kappa shape index (κ2) is 11.7. The molecule has 2 rings (SSSR count). The second-order valence-electron chi connectivity index (χ2n) is 5.19. The van der Waals surface area contributed by atoms with Gasteiger partial charge in [-0.25, -0.2) is 4.79 Å². The molecule has 0 unspecified atom stereocenters. The van der Waals surface area contributed by atoms with Crippen molar-refractivity contribution >= 4 is 53.0 Å². The molecule has 0 N–H and O–H groups in total. The van der Waals surface area contributed by atoms with Crippen LogP contribution in [0.5, 0.6) is 0 Å². The van der Waals surface area contributed by atoms with Gasteiger partial charge >= 0.3 is 5.97 Å². The molecule has 138 valence electrons. The van der Waals surface area contributed by atoms with Crippen LogP contribution in [-0.4, -0.2) is 36.1 Å². The summed E-state index contributed by atoms with van der Waals surface area (Å²) in [5.74, 6) is 1.06. The Bertz CT molecular complexity index is 682. The Morgan fingerprint density at radius 1 is 0.923 bits per heavy atom. The van der Waals surface area contributed by atoms with Gasteiger partial charge in [0, 0.05) is 37.2 Å². The highest BCUT2D eigenvalue weighted by Gasteiger charge is 2.16. The molecular formula is C20H22O2S4. The first-order valence-electron chi connectivity index (χ1n) is 8.02. The lowest BCUT2D eigenvalue weighted by Gasteiger charge is -2.18. The lowest BCUT2D eigenvalue weighted by Crippen LogP contribution is -2.22. The molecule has 0 amide bonds. The molecule has 2 aromatic rings. The zero-order valence-corrected chi connectivity index (χ0v) is 18.1. The van der Waals surface area contributed by atoms with Crippen molar-refractivity contribution in [2.24, 2.45) is 0 Å². The molecule has 0 radical (unpaired) electrons. The molecular weight excluding hydrogens is 400 g/mol. The van der Waals surface area contributed by atoms with Crippen LogP contribution in [0.2, 0.25) is 0 Å². The van der Waals surface area contributed by atoms with E-state index in [4.69, 9.17) is 4.74 Å². The number of hydrogen-bond acceptors (Lipinski definition) is 6. The average molecular weight is 423 g/mol. The zero-order valence-electron chi connectivity index (χ0n) is 14.8. The number of rotatable bonds is 10. The summed E-state index contributed by atoms with van der Waals surface area (Å²) in [7, 11) is 0. The van der Waals surface area contributed by atoms with Crippen molar-refractivity contribution in [3.63, 3.8) is 0 Å². The maximum atomic E-state index is 11.7. The summed E-state index contributed by atoms with van der Waals surface area (Å²) in [5, 5.41) is 0. The fourth-order valence-electron chi connectivity index (χ4n) is 2.17. The third-order valence-corrected chi connectivity index (χ3v) is 7.70. The van der Waals surface area contributed by atoms with Crippen LogP contribution >= 0.6 is 47.0 Å². The van der Waals surface area contributed by atoms with E-state index in [1.165, 1.54) is 25.7 Å². The predicted octanol–water partition coefficient (Wildman–Crippen LogP) is 6.11. The molecule has 2 nitrogen and oxygen atoms in total. The van der Waals surface area contributed by atoms with Crippen LogP contribution in [-0.2, 0) is 9.53 Å². The number of benzene rings is 2. The highest BCUT2D eigenvalue weighted by atomic mass is 32.2. The summed E-state index contributed by atoms with van der Waals surface area (Å²) in [6, 6.07) is 16.6. The minimum Gasteiger partial charge on any atom is -0.457 e. The molecule has 0 saturated carbocycles. The minimum atomic E-state index is -0.368. The molecule has 0 aliphatic heterocycles. The second-order valence-corrected chi connectivity index (χ2v) is 9.01. The van der Waals surface area contributed by atoms with E-state index < -0.39 is 0 Å². The van der Waals surface area contributed by atoms with Crippen molar-refractivity contribution in [3.05, 3.63) is 61.2 Å². The molecule has 0 aliphatic carbocycles. The Morgan fingerprint density at radius 2 is 1.35 bits per heavy atom. The number of carbonyl (C=O) groups is 1. The summed E-state index contributed by atoms with van der Waals surface area (Å²) in [6.07, 6.45) is 5.20. The van der Waals surface area contributed by atoms with E-state index >= 15 is 0 Å². The van der Waals surface area contributed by atoms with Crippen molar-refractivity contribution in [2.45, 2.75) is 25.7 Å². The van der Waals surface area contributed by atoms with Crippen molar-refractivity contribution < 1.29 is 9.53 Å². The van der Waals surface area contributed by atoms with E-state index in [1.807, 2.05) is 24.3 Å². The van der Waals surface area contributed by atoms with Gasteiger partial charge in [-0.15, -0.1) is 47.0 Å². The summed E-state index contributed by atoms with van der Waals surface area (Å²) < 4.78 is 5.58. The van der Waals surface area contributed by atoms with Crippen LogP contribution in [0, 0.1) is 0 Å². The first-order chi connectivity index (χ1) is 12.7. The van der Waals surface area contributed by atoms with E-state index in [0.717, 1.165) is 0 Å². The Kier molecular flexibility index (Phi) is 9.61. The smallest absolute Gasteiger partial charge is 0.330 e. The summed E-state index contributed by atoms with van der Waals surface area (Å²) >= 11 is 6.91. The van der Waals surface area contributed by atoms with Gasteiger partial charge in [0.15, 0.2) is 0 Å². The van der Waals surface area contributed by atoms with Crippen LogP contribution in [0.1, 0.15) is 0 Å². The molecule has 0 atom stereocenters. The topological polar surface area (TPSA) is 26.3 Å². The molecule has 6 heteroatoms. The lowest BCUT2D eigenvalue weighted by molar-refractivity contribution is -0.140. The van der Waals surface area contributed by atoms with E-state index in [2.05, 4.69) is 43.4 Å². The Labute approximate surface area is 172 Å². The fraction of sp³-hybridized carbons (Fsp3) is 0.250. The van der Waals surface area contributed by atoms with Crippen molar-refractivity contribution in [3.8, 4) is 0 Å². The van der Waals surface area contributed by atoms with Gasteiger partial charge in [-0.2, -0.15) is 0 Å². The van der Waals surface area contributed by atoms with Crippen LogP contribution in [0.25, 0.3) is 0 Å². The molecule has 0 aliphatic rings. The lowest BCUT2D eigenvalue weighted by atomic mass is 10.4. The number of hydrogen-bond donors (Lipinski definition) is 0.